The van der Waals surface area contributed by atoms with Crippen LogP contribution >= 0.6 is 0 Å². The van der Waals surface area contributed by atoms with Crippen molar-refractivity contribution in [1.29, 1.82) is 0 Å². The molecule has 1 aliphatic heterocycles. The monoisotopic (exact) mass is 318 g/mol. The van der Waals surface area contributed by atoms with Gasteiger partial charge in [-0.15, -0.1) is 0 Å². The Morgan fingerprint density at radius 1 is 1.17 bits per heavy atom. The molecule has 0 spiro atoms. The summed E-state index contributed by atoms with van der Waals surface area (Å²) in [5.74, 6) is 1.44. The molecule has 0 aromatic heterocycles. The van der Waals surface area contributed by atoms with Crippen molar-refractivity contribution in [2.75, 3.05) is 32.2 Å². The SMILES string of the molecule is COc1ccc(OC)c(N2CCN(C(=O)C3CC3)C(C)C2=O)c1. The molecule has 3 rings (SSSR count). The number of hydrogen-bond acceptors (Lipinski definition) is 4. The van der Waals surface area contributed by atoms with Crippen molar-refractivity contribution in [3.8, 4) is 11.5 Å². The van der Waals surface area contributed by atoms with Gasteiger partial charge >= 0.3 is 0 Å². The van der Waals surface area contributed by atoms with E-state index < -0.39 is 6.04 Å². The second kappa shape index (κ2) is 6.10. The Morgan fingerprint density at radius 2 is 1.91 bits per heavy atom. The molecular weight excluding hydrogens is 296 g/mol. The number of nitrogens with zero attached hydrogens (tertiary/aromatic N) is 2. The summed E-state index contributed by atoms with van der Waals surface area (Å²) in [5, 5.41) is 0. The normalized spacial score (nSPS) is 21.3. The first kappa shape index (κ1) is 15.6. The van der Waals surface area contributed by atoms with Crippen LogP contribution in [0.5, 0.6) is 11.5 Å². The number of carbonyl (C=O) groups excluding carboxylic acids is 2. The van der Waals surface area contributed by atoms with Gasteiger partial charge in [0.1, 0.15) is 17.5 Å². The predicted molar refractivity (Wildman–Crippen MR) is 85.8 cm³/mol. The molecule has 1 saturated carbocycles. The average Bonchev–Trinajstić information content (AvgIpc) is 3.41. The number of hydrogen-bond donors (Lipinski definition) is 0. The quantitative estimate of drug-likeness (QED) is 0.847. The zero-order valence-corrected chi connectivity index (χ0v) is 13.7. The van der Waals surface area contributed by atoms with E-state index in [2.05, 4.69) is 0 Å². The van der Waals surface area contributed by atoms with Gasteiger partial charge in [-0.05, 0) is 31.9 Å². The molecule has 23 heavy (non-hydrogen) atoms. The van der Waals surface area contributed by atoms with Crippen LogP contribution in [0.25, 0.3) is 0 Å². The van der Waals surface area contributed by atoms with E-state index in [1.165, 1.54) is 0 Å². The molecular formula is C17H22N2O4. The third-order valence-electron chi connectivity index (χ3n) is 4.54. The van der Waals surface area contributed by atoms with Crippen LogP contribution in [0.3, 0.4) is 0 Å². The van der Waals surface area contributed by atoms with Crippen molar-refractivity contribution in [2.45, 2.75) is 25.8 Å². The van der Waals surface area contributed by atoms with Crippen molar-refractivity contribution < 1.29 is 19.1 Å². The average molecular weight is 318 g/mol. The Bertz CT molecular complexity index is 627. The van der Waals surface area contributed by atoms with E-state index in [0.29, 0.717) is 30.3 Å². The van der Waals surface area contributed by atoms with Crippen LogP contribution < -0.4 is 14.4 Å². The summed E-state index contributed by atoms with van der Waals surface area (Å²) in [6, 6.07) is 4.92. The molecule has 1 atom stereocenters. The summed E-state index contributed by atoms with van der Waals surface area (Å²) in [4.78, 5) is 28.5. The third kappa shape index (κ3) is 2.85. The van der Waals surface area contributed by atoms with Crippen molar-refractivity contribution in [2.24, 2.45) is 5.92 Å². The maximum atomic E-state index is 12.8. The Labute approximate surface area is 136 Å². The molecule has 2 amide bonds. The lowest BCUT2D eigenvalue weighted by Crippen LogP contribution is -2.58. The summed E-state index contributed by atoms with van der Waals surface area (Å²) >= 11 is 0. The van der Waals surface area contributed by atoms with Crippen LogP contribution in [0.1, 0.15) is 19.8 Å². The molecule has 2 aliphatic rings. The van der Waals surface area contributed by atoms with Gasteiger partial charge < -0.3 is 19.3 Å². The minimum Gasteiger partial charge on any atom is -0.497 e. The zero-order valence-electron chi connectivity index (χ0n) is 13.7. The Balaban J connectivity index is 1.85. The smallest absolute Gasteiger partial charge is 0.249 e. The van der Waals surface area contributed by atoms with Crippen molar-refractivity contribution in [3.63, 3.8) is 0 Å². The van der Waals surface area contributed by atoms with E-state index in [9.17, 15) is 9.59 Å². The van der Waals surface area contributed by atoms with E-state index in [-0.39, 0.29) is 17.7 Å². The van der Waals surface area contributed by atoms with Crippen LogP contribution in [-0.4, -0.2) is 50.1 Å². The maximum Gasteiger partial charge on any atom is 0.249 e. The highest BCUT2D eigenvalue weighted by atomic mass is 16.5. The molecule has 1 aromatic rings. The van der Waals surface area contributed by atoms with Gasteiger partial charge in [0.2, 0.25) is 11.8 Å². The first-order valence-corrected chi connectivity index (χ1v) is 7.90. The summed E-state index contributed by atoms with van der Waals surface area (Å²) in [6.45, 7) is 2.80. The van der Waals surface area contributed by atoms with Gasteiger partial charge in [-0.1, -0.05) is 0 Å². The van der Waals surface area contributed by atoms with Gasteiger partial charge in [-0.2, -0.15) is 0 Å². The number of ether oxygens (including phenoxy) is 2. The molecule has 2 fully saturated rings. The Hall–Kier alpha value is -2.24. The first-order valence-electron chi connectivity index (χ1n) is 7.90. The molecule has 6 nitrogen and oxygen atoms in total. The molecule has 0 radical (unpaired) electrons. The standard InChI is InChI=1S/C17H22N2O4/c1-11-16(20)19(9-8-18(11)17(21)12-4-5-12)14-10-13(22-2)6-7-15(14)23-3/h6-7,10-12H,4-5,8-9H2,1-3H3. The fraction of sp³-hybridized carbons (Fsp3) is 0.529. The van der Waals surface area contributed by atoms with E-state index in [1.807, 2.05) is 0 Å². The summed E-state index contributed by atoms with van der Waals surface area (Å²) in [7, 11) is 3.16. The van der Waals surface area contributed by atoms with Crippen LogP contribution in [0.4, 0.5) is 5.69 Å². The van der Waals surface area contributed by atoms with E-state index in [0.717, 1.165) is 12.8 Å². The zero-order chi connectivity index (χ0) is 16.6. The minimum atomic E-state index is -0.451. The summed E-state index contributed by atoms with van der Waals surface area (Å²) in [5.41, 5.74) is 0.683. The molecule has 1 saturated heterocycles. The number of amides is 2. The lowest BCUT2D eigenvalue weighted by atomic mass is 10.1. The van der Waals surface area contributed by atoms with Crippen molar-refractivity contribution in [3.05, 3.63) is 18.2 Å². The minimum absolute atomic E-state index is 0.0863. The number of methoxy groups -OCH3 is 2. The van der Waals surface area contributed by atoms with Crippen molar-refractivity contribution in [1.82, 2.24) is 4.90 Å². The highest BCUT2D eigenvalue weighted by Crippen LogP contribution is 2.36. The van der Waals surface area contributed by atoms with E-state index in [4.69, 9.17) is 9.47 Å². The number of rotatable bonds is 4. The number of piperazine rings is 1. The maximum absolute atomic E-state index is 12.8. The second-order valence-electron chi connectivity index (χ2n) is 6.01. The van der Waals surface area contributed by atoms with Gasteiger partial charge in [-0.3, -0.25) is 9.59 Å². The molecule has 124 valence electrons. The summed E-state index contributed by atoms with van der Waals surface area (Å²) < 4.78 is 10.6. The van der Waals surface area contributed by atoms with Crippen LogP contribution in [0.15, 0.2) is 18.2 Å². The van der Waals surface area contributed by atoms with Gasteiger partial charge in [0, 0.05) is 25.1 Å². The van der Waals surface area contributed by atoms with Gasteiger partial charge in [-0.25, -0.2) is 0 Å². The third-order valence-corrected chi connectivity index (χ3v) is 4.54. The lowest BCUT2D eigenvalue weighted by Gasteiger charge is -2.39. The van der Waals surface area contributed by atoms with Crippen LogP contribution in [0.2, 0.25) is 0 Å². The first-order chi connectivity index (χ1) is 11.1. The molecule has 0 bridgehead atoms. The van der Waals surface area contributed by atoms with E-state index >= 15 is 0 Å². The van der Waals surface area contributed by atoms with Gasteiger partial charge in [0.15, 0.2) is 0 Å². The number of benzene rings is 1. The molecule has 1 aromatic carbocycles. The van der Waals surface area contributed by atoms with Gasteiger partial charge in [0.25, 0.3) is 0 Å². The predicted octanol–water partition coefficient (Wildman–Crippen LogP) is 1.68. The topological polar surface area (TPSA) is 59.1 Å². The fourth-order valence-electron chi connectivity index (χ4n) is 2.98. The molecule has 6 heteroatoms. The van der Waals surface area contributed by atoms with Gasteiger partial charge in [0.05, 0.1) is 19.9 Å². The Kier molecular flexibility index (Phi) is 4.15. The van der Waals surface area contributed by atoms with Crippen molar-refractivity contribution >= 4 is 17.5 Å². The number of anilines is 1. The fourth-order valence-corrected chi connectivity index (χ4v) is 2.98. The largest absolute Gasteiger partial charge is 0.497 e. The van der Waals surface area contributed by atoms with E-state index in [1.54, 1.807) is 49.1 Å². The highest BCUT2D eigenvalue weighted by Gasteiger charge is 2.41. The molecule has 1 aliphatic carbocycles. The highest BCUT2D eigenvalue weighted by molar-refractivity contribution is 6.01. The van der Waals surface area contributed by atoms with Crippen LogP contribution in [0, 0.1) is 5.92 Å². The molecule has 1 unspecified atom stereocenters. The molecule has 1 heterocycles. The second-order valence-corrected chi connectivity index (χ2v) is 6.01. The number of carbonyl (C=O) groups is 2. The molecule has 0 N–H and O–H groups in total. The Morgan fingerprint density at radius 3 is 2.52 bits per heavy atom. The summed E-state index contributed by atoms with van der Waals surface area (Å²) in [6.07, 6.45) is 1.90. The van der Waals surface area contributed by atoms with Crippen LogP contribution in [-0.2, 0) is 9.59 Å². The lowest BCUT2D eigenvalue weighted by molar-refractivity contribution is -0.141.